The number of carbonyl (C=O) groups is 1. The zero-order valence-corrected chi connectivity index (χ0v) is 12.0. The first-order valence-corrected chi connectivity index (χ1v) is 6.38. The highest BCUT2D eigenvalue weighted by Gasteiger charge is 2.18. The molecule has 5 nitrogen and oxygen atoms in total. The Balaban J connectivity index is 2.60. The summed E-state index contributed by atoms with van der Waals surface area (Å²) in [5.74, 6) is -1.09. The SMILES string of the molecule is CC(C)=Cc1c(C(=O)O)nnn1-c1ccc(Br)cc1. The summed E-state index contributed by atoms with van der Waals surface area (Å²) in [6.07, 6.45) is 1.76. The molecule has 0 aliphatic carbocycles. The van der Waals surface area contributed by atoms with Gasteiger partial charge in [-0.3, -0.25) is 0 Å². The van der Waals surface area contributed by atoms with Gasteiger partial charge < -0.3 is 5.11 Å². The van der Waals surface area contributed by atoms with E-state index in [0.29, 0.717) is 5.69 Å². The van der Waals surface area contributed by atoms with Crippen LogP contribution in [0.1, 0.15) is 30.0 Å². The number of halogens is 1. The maximum atomic E-state index is 11.1. The number of aromatic nitrogens is 3. The molecule has 0 amide bonds. The predicted octanol–water partition coefficient (Wildman–Crippen LogP) is 3.15. The second-order valence-electron chi connectivity index (χ2n) is 4.24. The van der Waals surface area contributed by atoms with E-state index in [-0.39, 0.29) is 5.69 Å². The molecule has 0 atom stereocenters. The van der Waals surface area contributed by atoms with Gasteiger partial charge in [-0.1, -0.05) is 26.7 Å². The minimum absolute atomic E-state index is 0.0517. The predicted molar refractivity (Wildman–Crippen MR) is 75.3 cm³/mol. The van der Waals surface area contributed by atoms with Crippen LogP contribution in [0, 0.1) is 0 Å². The minimum Gasteiger partial charge on any atom is -0.476 e. The van der Waals surface area contributed by atoms with Crippen LogP contribution in [0.15, 0.2) is 34.3 Å². The van der Waals surface area contributed by atoms with Crippen LogP contribution in [0.25, 0.3) is 11.8 Å². The van der Waals surface area contributed by atoms with E-state index in [1.54, 1.807) is 6.08 Å². The van der Waals surface area contributed by atoms with E-state index in [1.165, 1.54) is 4.68 Å². The number of allylic oxidation sites excluding steroid dienone is 1. The third-order valence-corrected chi connectivity index (χ3v) is 2.93. The Kier molecular flexibility index (Phi) is 3.80. The van der Waals surface area contributed by atoms with Gasteiger partial charge in [0.05, 0.1) is 5.69 Å². The Labute approximate surface area is 118 Å². The number of aromatic carboxylic acids is 1. The van der Waals surface area contributed by atoms with E-state index >= 15 is 0 Å². The summed E-state index contributed by atoms with van der Waals surface area (Å²) in [6.45, 7) is 3.79. The highest BCUT2D eigenvalue weighted by molar-refractivity contribution is 9.10. The Morgan fingerprint density at radius 3 is 2.47 bits per heavy atom. The molecule has 1 aromatic heterocycles. The van der Waals surface area contributed by atoms with Gasteiger partial charge in [0.1, 0.15) is 5.69 Å². The molecule has 0 spiro atoms. The lowest BCUT2D eigenvalue weighted by Gasteiger charge is -2.04. The monoisotopic (exact) mass is 321 g/mol. The number of benzene rings is 1. The molecule has 0 saturated carbocycles. The lowest BCUT2D eigenvalue weighted by Crippen LogP contribution is -2.03. The lowest BCUT2D eigenvalue weighted by molar-refractivity contribution is 0.0690. The quantitative estimate of drug-likeness (QED) is 0.942. The van der Waals surface area contributed by atoms with Gasteiger partial charge in [0.2, 0.25) is 0 Å². The second kappa shape index (κ2) is 5.36. The fraction of sp³-hybridized carbons (Fsp3) is 0.154. The molecule has 0 saturated heterocycles. The summed E-state index contributed by atoms with van der Waals surface area (Å²) in [4.78, 5) is 11.1. The average Bonchev–Trinajstić information content (AvgIpc) is 2.73. The minimum atomic E-state index is -1.09. The van der Waals surface area contributed by atoms with Crippen molar-refractivity contribution in [2.75, 3.05) is 0 Å². The Bertz CT molecular complexity index is 640. The van der Waals surface area contributed by atoms with Crippen LogP contribution in [-0.4, -0.2) is 26.1 Å². The van der Waals surface area contributed by atoms with Crippen molar-refractivity contribution in [3.63, 3.8) is 0 Å². The molecule has 98 valence electrons. The number of hydrogen-bond donors (Lipinski definition) is 1. The maximum absolute atomic E-state index is 11.1. The van der Waals surface area contributed by atoms with Crippen LogP contribution in [0.4, 0.5) is 0 Å². The first kappa shape index (κ1) is 13.5. The lowest BCUT2D eigenvalue weighted by atomic mass is 10.2. The fourth-order valence-corrected chi connectivity index (χ4v) is 1.88. The second-order valence-corrected chi connectivity index (χ2v) is 5.15. The maximum Gasteiger partial charge on any atom is 0.358 e. The molecule has 6 heteroatoms. The van der Waals surface area contributed by atoms with Crippen molar-refractivity contribution in [1.82, 2.24) is 15.0 Å². The molecular formula is C13H12BrN3O2. The summed E-state index contributed by atoms with van der Waals surface area (Å²) in [6, 6.07) is 7.41. The first-order valence-electron chi connectivity index (χ1n) is 5.59. The normalized spacial score (nSPS) is 10.3. The van der Waals surface area contributed by atoms with Gasteiger partial charge in [-0.15, -0.1) is 5.10 Å². The van der Waals surface area contributed by atoms with Gasteiger partial charge in [0, 0.05) is 4.47 Å². The third-order valence-electron chi connectivity index (χ3n) is 2.40. The molecule has 1 heterocycles. The molecule has 0 aliphatic heterocycles. The van der Waals surface area contributed by atoms with E-state index in [1.807, 2.05) is 38.1 Å². The Hall–Kier alpha value is -1.95. The van der Waals surface area contributed by atoms with Crippen LogP contribution in [0.5, 0.6) is 0 Å². The molecule has 0 bridgehead atoms. The van der Waals surface area contributed by atoms with E-state index < -0.39 is 5.97 Å². The molecule has 2 aromatic rings. The molecule has 1 N–H and O–H groups in total. The Morgan fingerprint density at radius 2 is 1.95 bits per heavy atom. The van der Waals surface area contributed by atoms with Crippen molar-refractivity contribution < 1.29 is 9.90 Å². The molecule has 0 fully saturated rings. The van der Waals surface area contributed by atoms with Crippen molar-refractivity contribution in [1.29, 1.82) is 0 Å². The number of carboxylic acid groups (broad SMARTS) is 1. The van der Waals surface area contributed by atoms with E-state index in [9.17, 15) is 4.79 Å². The van der Waals surface area contributed by atoms with Gasteiger partial charge >= 0.3 is 5.97 Å². The van der Waals surface area contributed by atoms with Crippen molar-refractivity contribution in [3.8, 4) is 5.69 Å². The van der Waals surface area contributed by atoms with Crippen LogP contribution >= 0.6 is 15.9 Å². The topological polar surface area (TPSA) is 68.0 Å². The number of hydrogen-bond acceptors (Lipinski definition) is 3. The smallest absolute Gasteiger partial charge is 0.358 e. The van der Waals surface area contributed by atoms with Crippen LogP contribution in [0.3, 0.4) is 0 Å². The van der Waals surface area contributed by atoms with Gasteiger partial charge in [-0.05, 0) is 44.2 Å². The molecule has 1 aromatic carbocycles. The largest absolute Gasteiger partial charge is 0.476 e. The summed E-state index contributed by atoms with van der Waals surface area (Å²) < 4.78 is 2.46. The van der Waals surface area contributed by atoms with Gasteiger partial charge in [-0.2, -0.15) is 0 Å². The standard InChI is InChI=1S/C13H12BrN3O2/c1-8(2)7-11-12(13(18)19)15-16-17(11)10-5-3-9(14)4-6-10/h3-7H,1-2H3,(H,18,19). The molecular weight excluding hydrogens is 310 g/mol. The van der Waals surface area contributed by atoms with Crippen molar-refractivity contribution in [2.45, 2.75) is 13.8 Å². The average molecular weight is 322 g/mol. The molecule has 0 radical (unpaired) electrons. The van der Waals surface area contributed by atoms with Gasteiger partial charge in [0.25, 0.3) is 0 Å². The van der Waals surface area contributed by atoms with E-state index in [4.69, 9.17) is 5.11 Å². The fourth-order valence-electron chi connectivity index (χ4n) is 1.62. The van der Waals surface area contributed by atoms with Crippen molar-refractivity contribution in [3.05, 3.63) is 45.7 Å². The highest BCUT2D eigenvalue weighted by atomic mass is 79.9. The molecule has 19 heavy (non-hydrogen) atoms. The molecule has 2 rings (SSSR count). The van der Waals surface area contributed by atoms with Gasteiger partial charge in [-0.25, -0.2) is 9.48 Å². The number of rotatable bonds is 3. The van der Waals surface area contributed by atoms with E-state index in [0.717, 1.165) is 15.7 Å². The molecule has 0 aliphatic rings. The van der Waals surface area contributed by atoms with Crippen LogP contribution in [0.2, 0.25) is 0 Å². The Morgan fingerprint density at radius 1 is 1.32 bits per heavy atom. The highest BCUT2D eigenvalue weighted by Crippen LogP contribution is 2.18. The van der Waals surface area contributed by atoms with Crippen molar-refractivity contribution in [2.24, 2.45) is 0 Å². The first-order chi connectivity index (χ1) is 8.99. The third kappa shape index (κ3) is 2.90. The number of nitrogens with zero attached hydrogens (tertiary/aromatic N) is 3. The summed E-state index contributed by atoms with van der Waals surface area (Å²) >= 11 is 3.35. The van der Waals surface area contributed by atoms with E-state index in [2.05, 4.69) is 26.2 Å². The number of carboxylic acids is 1. The van der Waals surface area contributed by atoms with Crippen LogP contribution < -0.4 is 0 Å². The summed E-state index contributed by atoms with van der Waals surface area (Å²) in [5.41, 5.74) is 2.15. The zero-order chi connectivity index (χ0) is 14.0. The van der Waals surface area contributed by atoms with Gasteiger partial charge in [0.15, 0.2) is 5.69 Å². The summed E-state index contributed by atoms with van der Waals surface area (Å²) in [7, 11) is 0. The van der Waals surface area contributed by atoms with Crippen LogP contribution in [-0.2, 0) is 0 Å². The zero-order valence-electron chi connectivity index (χ0n) is 10.5. The molecule has 0 unspecified atom stereocenters. The summed E-state index contributed by atoms with van der Waals surface area (Å²) in [5, 5.41) is 16.8. The van der Waals surface area contributed by atoms with Crippen molar-refractivity contribution >= 4 is 28.0 Å².